The number of rotatable bonds is 3. The highest BCUT2D eigenvalue weighted by molar-refractivity contribution is 9.10. The smallest absolute Gasteiger partial charge is 0.234 e. The van der Waals surface area contributed by atoms with Gasteiger partial charge in [-0.05, 0) is 43.4 Å². The maximum atomic E-state index is 13.3. The Kier molecular flexibility index (Phi) is 5.43. The second-order valence-electron chi connectivity index (χ2n) is 7.56. The molecule has 1 atom stereocenters. The van der Waals surface area contributed by atoms with Crippen LogP contribution >= 0.6 is 15.9 Å². The SMILES string of the molecule is O=C1CCCC2=C1C(C(=O)NC1CCCCC1)C(c1ccc(Br)cc1)=NN2. The normalized spacial score (nSPS) is 23.4. The zero-order chi connectivity index (χ0) is 18.8. The van der Waals surface area contributed by atoms with Gasteiger partial charge in [-0.3, -0.25) is 15.0 Å². The average Bonchev–Trinajstić information content (AvgIpc) is 2.69. The van der Waals surface area contributed by atoms with Crippen molar-refractivity contribution >= 4 is 33.3 Å². The number of ketones is 1. The van der Waals surface area contributed by atoms with E-state index in [1.807, 2.05) is 24.3 Å². The van der Waals surface area contributed by atoms with Gasteiger partial charge in [0.15, 0.2) is 5.78 Å². The minimum absolute atomic E-state index is 0.0667. The van der Waals surface area contributed by atoms with E-state index in [4.69, 9.17) is 0 Å². The molecule has 27 heavy (non-hydrogen) atoms. The van der Waals surface area contributed by atoms with Crippen LogP contribution in [0.3, 0.4) is 0 Å². The van der Waals surface area contributed by atoms with Gasteiger partial charge in [-0.1, -0.05) is 47.3 Å². The standard InChI is InChI=1S/C21H24BrN3O2/c22-14-11-9-13(10-12-14)20-19(21(27)23-15-5-2-1-3-6-15)18-16(24-25-20)7-4-8-17(18)26/h9-12,15,19,24H,1-8H2,(H,23,27). The molecule has 5 nitrogen and oxygen atoms in total. The maximum absolute atomic E-state index is 13.3. The van der Waals surface area contributed by atoms with E-state index in [1.165, 1.54) is 6.42 Å². The monoisotopic (exact) mass is 429 g/mol. The number of nitrogens with zero attached hydrogens (tertiary/aromatic N) is 1. The zero-order valence-electron chi connectivity index (χ0n) is 15.3. The fourth-order valence-electron chi connectivity index (χ4n) is 4.28. The number of nitrogens with one attached hydrogen (secondary N) is 2. The van der Waals surface area contributed by atoms with Crippen molar-refractivity contribution < 1.29 is 9.59 Å². The number of hydrazone groups is 1. The molecular weight excluding hydrogens is 406 g/mol. The Labute approximate surface area is 167 Å². The van der Waals surface area contributed by atoms with E-state index in [0.29, 0.717) is 17.7 Å². The highest BCUT2D eigenvalue weighted by Gasteiger charge is 2.39. The van der Waals surface area contributed by atoms with E-state index in [1.54, 1.807) is 0 Å². The van der Waals surface area contributed by atoms with Crippen LogP contribution in [0.4, 0.5) is 0 Å². The maximum Gasteiger partial charge on any atom is 0.234 e. The van der Waals surface area contributed by atoms with Gasteiger partial charge in [0.1, 0.15) is 5.92 Å². The van der Waals surface area contributed by atoms with Crippen LogP contribution < -0.4 is 10.7 Å². The first-order valence-corrected chi connectivity index (χ1v) is 10.6. The Balaban J connectivity index is 1.67. The molecule has 1 heterocycles. The highest BCUT2D eigenvalue weighted by Crippen LogP contribution is 2.32. The number of hydrogen-bond donors (Lipinski definition) is 2. The van der Waals surface area contributed by atoms with Crippen molar-refractivity contribution in [1.29, 1.82) is 0 Å². The third kappa shape index (κ3) is 3.86. The minimum Gasteiger partial charge on any atom is -0.352 e. The number of allylic oxidation sites excluding steroid dienone is 1. The van der Waals surface area contributed by atoms with Gasteiger partial charge >= 0.3 is 0 Å². The Morgan fingerprint density at radius 3 is 2.56 bits per heavy atom. The van der Waals surface area contributed by atoms with Crippen molar-refractivity contribution in [2.45, 2.75) is 57.4 Å². The lowest BCUT2D eigenvalue weighted by molar-refractivity contribution is -0.125. The lowest BCUT2D eigenvalue weighted by atomic mass is 9.79. The topological polar surface area (TPSA) is 70.6 Å². The van der Waals surface area contributed by atoms with Gasteiger partial charge in [0.25, 0.3) is 0 Å². The van der Waals surface area contributed by atoms with Crippen molar-refractivity contribution in [3.05, 3.63) is 45.6 Å². The van der Waals surface area contributed by atoms with Gasteiger partial charge in [0, 0.05) is 28.2 Å². The van der Waals surface area contributed by atoms with Crippen LogP contribution in [0.2, 0.25) is 0 Å². The molecule has 4 rings (SSSR count). The quantitative estimate of drug-likeness (QED) is 0.766. The third-order valence-corrected chi connectivity index (χ3v) is 6.21. The summed E-state index contributed by atoms with van der Waals surface area (Å²) in [6.07, 6.45) is 7.65. The van der Waals surface area contributed by atoms with E-state index in [-0.39, 0.29) is 17.7 Å². The molecule has 1 saturated carbocycles. The summed E-state index contributed by atoms with van der Waals surface area (Å²) in [4.78, 5) is 26.0. The number of Topliss-reactive ketones (excluding diaryl/α,β-unsaturated/α-hetero) is 1. The van der Waals surface area contributed by atoms with Gasteiger partial charge in [-0.25, -0.2) is 0 Å². The van der Waals surface area contributed by atoms with Crippen LogP contribution in [0.1, 0.15) is 56.9 Å². The predicted octanol–water partition coefficient (Wildman–Crippen LogP) is 3.83. The highest BCUT2D eigenvalue weighted by atomic mass is 79.9. The second-order valence-corrected chi connectivity index (χ2v) is 8.48. The fraction of sp³-hybridized carbons (Fsp3) is 0.476. The Hall–Kier alpha value is -1.95. The number of benzene rings is 1. The van der Waals surface area contributed by atoms with Crippen molar-refractivity contribution in [3.8, 4) is 0 Å². The first kappa shape index (κ1) is 18.4. The van der Waals surface area contributed by atoms with E-state index < -0.39 is 5.92 Å². The zero-order valence-corrected chi connectivity index (χ0v) is 16.8. The molecule has 3 aliphatic rings. The van der Waals surface area contributed by atoms with Crippen LogP contribution in [0.25, 0.3) is 0 Å². The van der Waals surface area contributed by atoms with Gasteiger partial charge in [0.05, 0.1) is 5.71 Å². The Morgan fingerprint density at radius 1 is 1.07 bits per heavy atom. The minimum atomic E-state index is -0.628. The summed E-state index contributed by atoms with van der Waals surface area (Å²) in [7, 11) is 0. The molecule has 1 aromatic carbocycles. The molecule has 1 aliphatic heterocycles. The molecular formula is C21H24BrN3O2. The number of hydrogen-bond acceptors (Lipinski definition) is 4. The largest absolute Gasteiger partial charge is 0.352 e. The number of carbonyl (C=O) groups excluding carboxylic acids is 2. The molecule has 1 fully saturated rings. The van der Waals surface area contributed by atoms with Gasteiger partial charge in [-0.15, -0.1) is 0 Å². The second kappa shape index (κ2) is 7.97. The molecule has 142 valence electrons. The molecule has 1 amide bonds. The summed E-state index contributed by atoms with van der Waals surface area (Å²) in [6.45, 7) is 0. The number of halogens is 1. The van der Waals surface area contributed by atoms with Gasteiger partial charge < -0.3 is 5.32 Å². The summed E-state index contributed by atoms with van der Waals surface area (Å²) in [6, 6.07) is 7.94. The molecule has 0 bridgehead atoms. The predicted molar refractivity (Wildman–Crippen MR) is 108 cm³/mol. The van der Waals surface area contributed by atoms with Gasteiger partial charge in [-0.2, -0.15) is 5.10 Å². The molecule has 2 aliphatic carbocycles. The van der Waals surface area contributed by atoms with Crippen LogP contribution in [-0.4, -0.2) is 23.4 Å². The number of carbonyl (C=O) groups is 2. The van der Waals surface area contributed by atoms with Crippen LogP contribution in [0.5, 0.6) is 0 Å². The van der Waals surface area contributed by atoms with E-state index in [0.717, 1.165) is 54.3 Å². The fourth-order valence-corrected chi connectivity index (χ4v) is 4.55. The Bertz CT molecular complexity index is 807. The van der Waals surface area contributed by atoms with Crippen LogP contribution in [0, 0.1) is 5.92 Å². The lowest BCUT2D eigenvalue weighted by Crippen LogP contribution is -2.47. The van der Waals surface area contributed by atoms with Crippen molar-refractivity contribution in [2.75, 3.05) is 0 Å². The number of amides is 1. The average molecular weight is 430 g/mol. The molecule has 6 heteroatoms. The summed E-state index contributed by atoms with van der Waals surface area (Å²) in [5.74, 6) is -0.651. The molecule has 1 unspecified atom stereocenters. The molecule has 0 saturated heterocycles. The van der Waals surface area contributed by atoms with E-state index in [9.17, 15) is 9.59 Å². The first-order valence-electron chi connectivity index (χ1n) is 9.79. The van der Waals surface area contributed by atoms with Crippen molar-refractivity contribution in [2.24, 2.45) is 11.0 Å². The van der Waals surface area contributed by atoms with Crippen LogP contribution in [0.15, 0.2) is 45.1 Å². The molecule has 0 spiro atoms. The Morgan fingerprint density at radius 2 is 1.81 bits per heavy atom. The summed E-state index contributed by atoms with van der Waals surface area (Å²) >= 11 is 3.45. The molecule has 1 aromatic rings. The molecule has 0 aromatic heterocycles. The lowest BCUT2D eigenvalue weighted by Gasteiger charge is -2.32. The molecule has 2 N–H and O–H groups in total. The van der Waals surface area contributed by atoms with Crippen molar-refractivity contribution in [3.63, 3.8) is 0 Å². The van der Waals surface area contributed by atoms with Crippen LogP contribution in [-0.2, 0) is 9.59 Å². The van der Waals surface area contributed by atoms with E-state index in [2.05, 4.69) is 31.8 Å². The van der Waals surface area contributed by atoms with Gasteiger partial charge in [0.2, 0.25) is 5.91 Å². The summed E-state index contributed by atoms with van der Waals surface area (Å²) in [5.41, 5.74) is 5.98. The van der Waals surface area contributed by atoms with Crippen molar-refractivity contribution in [1.82, 2.24) is 10.7 Å². The third-order valence-electron chi connectivity index (χ3n) is 5.68. The van der Waals surface area contributed by atoms with E-state index >= 15 is 0 Å². The molecule has 0 radical (unpaired) electrons. The first-order chi connectivity index (χ1) is 13.1. The summed E-state index contributed by atoms with van der Waals surface area (Å²) in [5, 5.41) is 7.73. The summed E-state index contributed by atoms with van der Waals surface area (Å²) < 4.78 is 0.965.